The van der Waals surface area contributed by atoms with Crippen LogP contribution in [-0.2, 0) is 0 Å². The van der Waals surface area contributed by atoms with Crippen LogP contribution in [0.25, 0.3) is 11.4 Å². The second kappa shape index (κ2) is 7.55. The lowest BCUT2D eigenvalue weighted by Gasteiger charge is -2.14. The number of aromatic nitrogens is 3. The van der Waals surface area contributed by atoms with Crippen LogP contribution in [0, 0.1) is 0 Å². The van der Waals surface area contributed by atoms with E-state index in [0.717, 1.165) is 11.1 Å². The van der Waals surface area contributed by atoms with Crippen molar-refractivity contribution in [3.8, 4) is 22.9 Å². The molecular formula is C18H19ClN4O2. The van der Waals surface area contributed by atoms with Crippen molar-refractivity contribution in [1.29, 1.82) is 0 Å². The summed E-state index contributed by atoms with van der Waals surface area (Å²) in [6.07, 6.45) is 0. The molecule has 1 atom stereocenters. The Balaban J connectivity index is 1.90. The molecule has 1 aromatic heterocycles. The van der Waals surface area contributed by atoms with Gasteiger partial charge in [-0.2, -0.15) is 5.10 Å². The molecule has 130 valence electrons. The molecular weight excluding hydrogens is 340 g/mol. The van der Waals surface area contributed by atoms with Crippen LogP contribution in [0.4, 0.5) is 0 Å². The van der Waals surface area contributed by atoms with Crippen LogP contribution in [-0.4, -0.2) is 28.9 Å². The van der Waals surface area contributed by atoms with Gasteiger partial charge < -0.3 is 15.2 Å². The van der Waals surface area contributed by atoms with Gasteiger partial charge in [0.2, 0.25) is 0 Å². The molecule has 3 aromatic rings. The second-order valence-electron chi connectivity index (χ2n) is 5.35. The largest absolute Gasteiger partial charge is 0.493 e. The molecule has 0 radical (unpaired) electrons. The summed E-state index contributed by atoms with van der Waals surface area (Å²) < 4.78 is 10.9. The van der Waals surface area contributed by atoms with Crippen molar-refractivity contribution in [3.05, 3.63) is 58.9 Å². The average Bonchev–Trinajstić information content (AvgIpc) is 3.11. The Bertz CT molecular complexity index is 866. The maximum atomic E-state index is 6.34. The first-order chi connectivity index (χ1) is 12.1. The number of halogens is 1. The first-order valence-electron chi connectivity index (χ1n) is 7.87. The third-order valence-corrected chi connectivity index (χ3v) is 4.09. The maximum absolute atomic E-state index is 6.34. The number of hydrogen-bond acceptors (Lipinski definition) is 5. The number of hydrogen-bond donors (Lipinski definition) is 2. The Morgan fingerprint density at radius 2 is 2.00 bits per heavy atom. The minimum absolute atomic E-state index is 0.478. The van der Waals surface area contributed by atoms with Gasteiger partial charge in [-0.1, -0.05) is 29.8 Å². The normalized spacial score (nSPS) is 12.0. The van der Waals surface area contributed by atoms with Crippen LogP contribution in [0.5, 0.6) is 11.5 Å². The number of benzene rings is 2. The minimum Gasteiger partial charge on any atom is -0.493 e. The summed E-state index contributed by atoms with van der Waals surface area (Å²) in [5.74, 6) is 2.35. The van der Waals surface area contributed by atoms with Crippen LogP contribution < -0.4 is 15.2 Å². The molecule has 25 heavy (non-hydrogen) atoms. The number of aromatic amines is 1. The molecule has 0 aliphatic heterocycles. The van der Waals surface area contributed by atoms with E-state index in [2.05, 4.69) is 15.2 Å². The number of H-pyrrole nitrogens is 1. The van der Waals surface area contributed by atoms with Gasteiger partial charge in [-0.25, -0.2) is 4.98 Å². The highest BCUT2D eigenvalue weighted by atomic mass is 35.5. The van der Waals surface area contributed by atoms with Crippen molar-refractivity contribution in [2.24, 2.45) is 5.73 Å². The van der Waals surface area contributed by atoms with Crippen molar-refractivity contribution in [2.45, 2.75) is 13.0 Å². The van der Waals surface area contributed by atoms with Gasteiger partial charge in [0, 0.05) is 5.56 Å². The molecule has 1 heterocycles. The van der Waals surface area contributed by atoms with E-state index in [4.69, 9.17) is 26.8 Å². The quantitative estimate of drug-likeness (QED) is 0.703. The van der Waals surface area contributed by atoms with Crippen molar-refractivity contribution in [1.82, 2.24) is 15.2 Å². The Morgan fingerprint density at radius 3 is 2.72 bits per heavy atom. The van der Waals surface area contributed by atoms with Gasteiger partial charge in [-0.15, -0.1) is 0 Å². The molecule has 6 nitrogen and oxygen atoms in total. The summed E-state index contributed by atoms with van der Waals surface area (Å²) in [7, 11) is 1.60. The highest BCUT2D eigenvalue weighted by Gasteiger charge is 2.18. The summed E-state index contributed by atoms with van der Waals surface area (Å²) in [6, 6.07) is 12.5. The molecule has 0 saturated heterocycles. The smallest absolute Gasteiger partial charge is 0.182 e. The van der Waals surface area contributed by atoms with Crippen LogP contribution in [0.1, 0.15) is 24.4 Å². The third-order valence-electron chi connectivity index (χ3n) is 3.76. The van der Waals surface area contributed by atoms with E-state index < -0.39 is 6.04 Å². The molecule has 0 unspecified atom stereocenters. The molecule has 3 rings (SSSR count). The summed E-state index contributed by atoms with van der Waals surface area (Å²) in [5.41, 5.74) is 7.93. The number of nitrogens with one attached hydrogen (secondary N) is 1. The second-order valence-corrected chi connectivity index (χ2v) is 5.75. The first-order valence-corrected chi connectivity index (χ1v) is 8.25. The number of methoxy groups -OCH3 is 1. The molecule has 0 aliphatic carbocycles. The Hall–Kier alpha value is -2.57. The lowest BCUT2D eigenvalue weighted by Crippen LogP contribution is -2.14. The SMILES string of the molecule is CCOc1cc([C@@H](N)c2nc(-c3ccccc3Cl)n[nH]2)ccc1OC. The fraction of sp³-hybridized carbons (Fsp3) is 0.222. The molecule has 0 fully saturated rings. The molecule has 0 aliphatic rings. The van der Waals surface area contributed by atoms with Crippen molar-refractivity contribution >= 4 is 11.6 Å². The van der Waals surface area contributed by atoms with E-state index in [-0.39, 0.29) is 0 Å². The zero-order valence-electron chi connectivity index (χ0n) is 14.0. The van der Waals surface area contributed by atoms with Gasteiger partial charge >= 0.3 is 0 Å². The predicted octanol–water partition coefficient (Wildman–Crippen LogP) is 3.58. The number of nitrogens with two attached hydrogens (primary N) is 1. The topological polar surface area (TPSA) is 86.0 Å². The van der Waals surface area contributed by atoms with E-state index in [1.54, 1.807) is 13.2 Å². The number of nitrogens with zero attached hydrogens (tertiary/aromatic N) is 2. The van der Waals surface area contributed by atoms with Gasteiger partial charge in [0.15, 0.2) is 17.3 Å². The third kappa shape index (κ3) is 3.60. The van der Waals surface area contributed by atoms with Crippen LogP contribution in [0.3, 0.4) is 0 Å². The van der Waals surface area contributed by atoms with Gasteiger partial charge in [-0.05, 0) is 36.8 Å². The Kier molecular flexibility index (Phi) is 5.21. The van der Waals surface area contributed by atoms with Crippen molar-refractivity contribution in [3.63, 3.8) is 0 Å². The number of rotatable bonds is 6. The summed E-state index contributed by atoms with van der Waals surface area (Å²) in [6.45, 7) is 2.45. The fourth-order valence-corrected chi connectivity index (χ4v) is 2.71. The van der Waals surface area contributed by atoms with E-state index in [1.807, 2.05) is 43.3 Å². The molecule has 0 saturated carbocycles. The molecule has 2 aromatic carbocycles. The lowest BCUT2D eigenvalue weighted by atomic mass is 10.1. The van der Waals surface area contributed by atoms with Crippen molar-refractivity contribution < 1.29 is 9.47 Å². The fourth-order valence-electron chi connectivity index (χ4n) is 2.49. The van der Waals surface area contributed by atoms with Gasteiger partial charge in [-0.3, -0.25) is 5.10 Å². The minimum atomic E-state index is -0.478. The van der Waals surface area contributed by atoms with Crippen LogP contribution >= 0.6 is 11.6 Å². The highest BCUT2D eigenvalue weighted by Crippen LogP contribution is 2.31. The number of ether oxygens (including phenoxy) is 2. The summed E-state index contributed by atoms with van der Waals surface area (Å²) >= 11 is 6.20. The maximum Gasteiger partial charge on any atom is 0.182 e. The zero-order chi connectivity index (χ0) is 17.8. The van der Waals surface area contributed by atoms with Gasteiger partial charge in [0.1, 0.15) is 5.82 Å². The summed E-state index contributed by atoms with van der Waals surface area (Å²) in [5, 5.41) is 7.71. The molecule has 3 N–H and O–H groups in total. The summed E-state index contributed by atoms with van der Waals surface area (Å²) in [4.78, 5) is 4.49. The zero-order valence-corrected chi connectivity index (χ0v) is 14.7. The van der Waals surface area contributed by atoms with E-state index in [0.29, 0.717) is 34.8 Å². The monoisotopic (exact) mass is 358 g/mol. The first kappa shape index (κ1) is 17.3. The van der Waals surface area contributed by atoms with Gasteiger partial charge in [0.25, 0.3) is 0 Å². The van der Waals surface area contributed by atoms with Crippen LogP contribution in [0.2, 0.25) is 5.02 Å². The highest BCUT2D eigenvalue weighted by molar-refractivity contribution is 6.33. The molecule has 0 amide bonds. The predicted molar refractivity (Wildman–Crippen MR) is 97.0 cm³/mol. The van der Waals surface area contributed by atoms with E-state index in [9.17, 15) is 0 Å². The van der Waals surface area contributed by atoms with Crippen molar-refractivity contribution in [2.75, 3.05) is 13.7 Å². The van der Waals surface area contributed by atoms with E-state index >= 15 is 0 Å². The molecule has 0 spiro atoms. The van der Waals surface area contributed by atoms with Gasteiger partial charge in [0.05, 0.1) is 24.8 Å². The lowest BCUT2D eigenvalue weighted by molar-refractivity contribution is 0.310. The molecule has 7 heteroatoms. The standard InChI is InChI=1S/C18H19ClN4O2/c1-3-25-15-10-11(8-9-14(15)24-2)16(20)18-21-17(22-23-18)12-6-4-5-7-13(12)19/h4-10,16H,3,20H2,1-2H3,(H,21,22,23)/t16-/m1/s1. The van der Waals surface area contributed by atoms with E-state index in [1.165, 1.54) is 0 Å². The van der Waals surface area contributed by atoms with Crippen LogP contribution in [0.15, 0.2) is 42.5 Å². The Morgan fingerprint density at radius 1 is 1.20 bits per heavy atom. The molecule has 0 bridgehead atoms. The average molecular weight is 359 g/mol. The Labute approximate surface area is 150 Å².